The second-order valence-corrected chi connectivity index (χ2v) is 4.15. The molecule has 1 aliphatic heterocycles. The minimum absolute atomic E-state index is 0.311. The molecular weight excluding hydrogens is 178 g/mol. The predicted molar refractivity (Wildman–Crippen MR) is 57.5 cm³/mol. The van der Waals surface area contributed by atoms with Gasteiger partial charge in [0.2, 0.25) is 0 Å². The van der Waals surface area contributed by atoms with Crippen LogP contribution in [0.15, 0.2) is 0 Å². The van der Waals surface area contributed by atoms with E-state index < -0.39 is 0 Å². The molecular formula is C11H23NO2. The van der Waals surface area contributed by atoms with Crippen molar-refractivity contribution in [1.82, 2.24) is 5.32 Å². The number of likely N-dealkylation sites (N-methyl/N-ethyl adjacent to an activating group) is 1. The summed E-state index contributed by atoms with van der Waals surface area (Å²) in [4.78, 5) is 0. The maximum Gasteiger partial charge on any atom is 0.0814 e. The Balaban J connectivity index is 2.08. The van der Waals surface area contributed by atoms with Crippen molar-refractivity contribution >= 4 is 0 Å². The van der Waals surface area contributed by atoms with Gasteiger partial charge in [-0.2, -0.15) is 0 Å². The summed E-state index contributed by atoms with van der Waals surface area (Å²) in [6.45, 7) is 8.99. The Morgan fingerprint density at radius 3 is 2.71 bits per heavy atom. The lowest BCUT2D eigenvalue weighted by molar-refractivity contribution is -0.0316. The van der Waals surface area contributed by atoms with Gasteiger partial charge in [-0.05, 0) is 33.2 Å². The summed E-state index contributed by atoms with van der Waals surface area (Å²) in [6.07, 6.45) is 3.34. The molecule has 0 amide bonds. The largest absolute Gasteiger partial charge is 0.376 e. The van der Waals surface area contributed by atoms with Crippen molar-refractivity contribution in [1.29, 1.82) is 0 Å². The smallest absolute Gasteiger partial charge is 0.0814 e. The molecule has 2 unspecified atom stereocenters. The van der Waals surface area contributed by atoms with E-state index in [9.17, 15) is 0 Å². The van der Waals surface area contributed by atoms with E-state index in [1.165, 1.54) is 6.42 Å². The summed E-state index contributed by atoms with van der Waals surface area (Å²) in [5, 5.41) is 3.31. The zero-order valence-corrected chi connectivity index (χ0v) is 9.58. The third-order valence-corrected chi connectivity index (χ3v) is 2.43. The molecule has 1 N–H and O–H groups in total. The first-order valence-corrected chi connectivity index (χ1v) is 5.70. The van der Waals surface area contributed by atoms with E-state index in [1.54, 1.807) is 0 Å². The molecule has 84 valence electrons. The van der Waals surface area contributed by atoms with Crippen LogP contribution in [0.5, 0.6) is 0 Å². The van der Waals surface area contributed by atoms with Gasteiger partial charge in [0, 0.05) is 6.54 Å². The van der Waals surface area contributed by atoms with Crippen molar-refractivity contribution in [3.05, 3.63) is 0 Å². The van der Waals surface area contributed by atoms with Gasteiger partial charge >= 0.3 is 0 Å². The van der Waals surface area contributed by atoms with Crippen LogP contribution in [-0.4, -0.2) is 38.0 Å². The van der Waals surface area contributed by atoms with Gasteiger partial charge in [0.05, 0.1) is 24.9 Å². The molecule has 1 saturated heterocycles. The van der Waals surface area contributed by atoms with Crippen LogP contribution >= 0.6 is 0 Å². The molecule has 0 aromatic heterocycles. The Kier molecular flexibility index (Phi) is 5.45. The quantitative estimate of drug-likeness (QED) is 0.707. The maximum absolute atomic E-state index is 5.83. The summed E-state index contributed by atoms with van der Waals surface area (Å²) >= 11 is 0. The molecule has 0 aromatic carbocycles. The van der Waals surface area contributed by atoms with Gasteiger partial charge < -0.3 is 14.8 Å². The van der Waals surface area contributed by atoms with Gasteiger partial charge in [-0.25, -0.2) is 0 Å². The molecule has 1 aliphatic rings. The lowest BCUT2D eigenvalue weighted by Crippen LogP contribution is -2.28. The van der Waals surface area contributed by atoms with Crippen LogP contribution in [-0.2, 0) is 9.47 Å². The van der Waals surface area contributed by atoms with Crippen molar-refractivity contribution in [2.45, 2.75) is 51.9 Å². The van der Waals surface area contributed by atoms with Crippen LogP contribution in [0.3, 0.4) is 0 Å². The molecule has 14 heavy (non-hydrogen) atoms. The van der Waals surface area contributed by atoms with E-state index in [1.807, 2.05) is 0 Å². The van der Waals surface area contributed by atoms with Gasteiger partial charge in [-0.1, -0.05) is 6.92 Å². The summed E-state index contributed by atoms with van der Waals surface area (Å²) in [5.74, 6) is 0. The highest BCUT2D eigenvalue weighted by atomic mass is 16.5. The summed E-state index contributed by atoms with van der Waals surface area (Å²) < 4.78 is 11.4. The fourth-order valence-corrected chi connectivity index (χ4v) is 1.66. The van der Waals surface area contributed by atoms with Gasteiger partial charge in [0.15, 0.2) is 0 Å². The Labute approximate surface area is 87.2 Å². The molecule has 3 heteroatoms. The van der Waals surface area contributed by atoms with Gasteiger partial charge in [0.25, 0.3) is 0 Å². The first-order chi connectivity index (χ1) is 6.72. The Morgan fingerprint density at radius 2 is 2.07 bits per heavy atom. The molecule has 2 atom stereocenters. The highest BCUT2D eigenvalue weighted by Gasteiger charge is 2.24. The lowest BCUT2D eigenvalue weighted by atomic mass is 10.2. The zero-order chi connectivity index (χ0) is 10.4. The summed E-state index contributed by atoms with van der Waals surface area (Å²) in [5.41, 5.74) is 0. The minimum atomic E-state index is 0.311. The number of nitrogens with one attached hydrogen (secondary N) is 1. The standard InChI is InChI=1S/C11H23NO2/c1-4-12-7-10-5-6-11(14-10)8-13-9(2)3/h9-12H,4-8H2,1-3H3. The molecule has 0 aromatic rings. The van der Waals surface area contributed by atoms with Crippen molar-refractivity contribution in [2.24, 2.45) is 0 Å². The van der Waals surface area contributed by atoms with Crippen LogP contribution in [0.25, 0.3) is 0 Å². The second-order valence-electron chi connectivity index (χ2n) is 4.15. The number of ether oxygens (including phenoxy) is 2. The van der Waals surface area contributed by atoms with Crippen LogP contribution in [0.2, 0.25) is 0 Å². The van der Waals surface area contributed by atoms with Crippen molar-refractivity contribution < 1.29 is 9.47 Å². The maximum atomic E-state index is 5.83. The van der Waals surface area contributed by atoms with Gasteiger partial charge in [-0.3, -0.25) is 0 Å². The molecule has 1 rings (SSSR count). The fourth-order valence-electron chi connectivity index (χ4n) is 1.66. The van der Waals surface area contributed by atoms with Gasteiger partial charge in [-0.15, -0.1) is 0 Å². The molecule has 3 nitrogen and oxygen atoms in total. The highest BCUT2D eigenvalue weighted by molar-refractivity contribution is 4.75. The molecule has 0 saturated carbocycles. The summed E-state index contributed by atoms with van der Waals surface area (Å²) in [7, 11) is 0. The molecule has 0 aliphatic carbocycles. The zero-order valence-electron chi connectivity index (χ0n) is 9.58. The van der Waals surface area contributed by atoms with Crippen LogP contribution in [0.1, 0.15) is 33.6 Å². The Bertz CT molecular complexity index is 150. The first-order valence-electron chi connectivity index (χ1n) is 5.70. The number of hydrogen-bond donors (Lipinski definition) is 1. The van der Waals surface area contributed by atoms with Crippen LogP contribution in [0, 0.1) is 0 Å². The molecule has 0 bridgehead atoms. The average molecular weight is 201 g/mol. The van der Waals surface area contributed by atoms with Crippen molar-refractivity contribution in [3.63, 3.8) is 0 Å². The summed E-state index contributed by atoms with van der Waals surface area (Å²) in [6, 6.07) is 0. The normalized spacial score (nSPS) is 27.4. The monoisotopic (exact) mass is 201 g/mol. The third kappa shape index (κ3) is 4.40. The molecule has 1 fully saturated rings. The topological polar surface area (TPSA) is 30.5 Å². The average Bonchev–Trinajstić information content (AvgIpc) is 2.59. The van der Waals surface area contributed by atoms with E-state index in [0.717, 1.165) is 26.1 Å². The van der Waals surface area contributed by atoms with Gasteiger partial charge in [0.1, 0.15) is 0 Å². The first kappa shape index (κ1) is 12.0. The van der Waals surface area contributed by atoms with E-state index in [-0.39, 0.29) is 0 Å². The van der Waals surface area contributed by atoms with E-state index in [2.05, 4.69) is 26.1 Å². The Hall–Kier alpha value is -0.120. The van der Waals surface area contributed by atoms with Crippen LogP contribution < -0.4 is 5.32 Å². The Morgan fingerprint density at radius 1 is 1.36 bits per heavy atom. The SMILES string of the molecule is CCNCC1CCC(COC(C)C)O1. The predicted octanol–water partition coefficient (Wildman–Crippen LogP) is 1.57. The lowest BCUT2D eigenvalue weighted by Gasteiger charge is -2.15. The fraction of sp³-hybridized carbons (Fsp3) is 1.00. The van der Waals surface area contributed by atoms with Crippen molar-refractivity contribution in [3.8, 4) is 0 Å². The second kappa shape index (κ2) is 6.38. The molecule has 0 radical (unpaired) electrons. The third-order valence-electron chi connectivity index (χ3n) is 2.43. The molecule has 0 spiro atoms. The van der Waals surface area contributed by atoms with Crippen LogP contribution in [0.4, 0.5) is 0 Å². The number of rotatable bonds is 6. The van der Waals surface area contributed by atoms with E-state index >= 15 is 0 Å². The van der Waals surface area contributed by atoms with E-state index in [4.69, 9.17) is 9.47 Å². The number of hydrogen-bond acceptors (Lipinski definition) is 3. The molecule has 1 heterocycles. The highest BCUT2D eigenvalue weighted by Crippen LogP contribution is 2.19. The van der Waals surface area contributed by atoms with Crippen molar-refractivity contribution in [2.75, 3.05) is 19.7 Å². The van der Waals surface area contributed by atoms with E-state index in [0.29, 0.717) is 18.3 Å². The minimum Gasteiger partial charge on any atom is -0.376 e.